The lowest BCUT2D eigenvalue weighted by Crippen LogP contribution is -2.52. The molecule has 0 bridgehead atoms. The molecule has 1 atom stereocenters. The molecule has 0 aliphatic heterocycles. The summed E-state index contributed by atoms with van der Waals surface area (Å²) in [6.07, 6.45) is -5.89. The van der Waals surface area contributed by atoms with E-state index < -0.39 is 23.9 Å². The molecule has 1 N–H and O–H groups in total. The first-order valence-electron chi connectivity index (χ1n) is 3.92. The van der Waals surface area contributed by atoms with Gasteiger partial charge in [0.2, 0.25) is 0 Å². The summed E-state index contributed by atoms with van der Waals surface area (Å²) in [6, 6.07) is 0. The van der Waals surface area contributed by atoms with Crippen molar-refractivity contribution in [1.82, 2.24) is 0 Å². The third-order valence-electron chi connectivity index (χ3n) is 1.56. The molecule has 0 aromatic carbocycles. The lowest BCUT2D eigenvalue weighted by Gasteiger charge is -2.26. The molecule has 92 valence electrons. The number of carbonyl (C=O) groups is 2. The second-order valence-corrected chi connectivity index (χ2v) is 2.79. The summed E-state index contributed by atoms with van der Waals surface area (Å²) in [4.78, 5) is 21.1. The molecule has 0 radical (unpaired) electrons. The molecule has 0 aromatic heterocycles. The Labute approximate surface area is 88.4 Å². The van der Waals surface area contributed by atoms with Crippen LogP contribution in [0.15, 0.2) is 12.7 Å². The van der Waals surface area contributed by atoms with E-state index in [-0.39, 0.29) is 13.5 Å². The zero-order chi connectivity index (χ0) is 13.0. The van der Waals surface area contributed by atoms with Crippen LogP contribution in [0.1, 0.15) is 6.92 Å². The Kier molecular flexibility index (Phi) is 4.34. The number of carbonyl (C=O) groups excluding carboxylic acids is 1. The Hall–Kier alpha value is -1.73. The summed E-state index contributed by atoms with van der Waals surface area (Å²) in [7, 11) is 0. The van der Waals surface area contributed by atoms with E-state index in [1.54, 1.807) is 0 Å². The molecule has 0 heterocycles. The lowest BCUT2D eigenvalue weighted by molar-refractivity contribution is -0.256. The topological polar surface area (TPSA) is 72.8 Å². The maximum atomic E-state index is 12.3. The van der Waals surface area contributed by atoms with Crippen LogP contribution in [0.2, 0.25) is 0 Å². The van der Waals surface area contributed by atoms with Crippen LogP contribution >= 0.6 is 0 Å². The SMILES string of the molecule is C=CCOC(=O)OC(C)(C(=O)O)C(F)(F)F. The average molecular weight is 242 g/mol. The standard InChI is InChI=1S/C8H9F3O5/c1-3-4-15-6(14)16-7(2,5(12)13)8(9,10)11/h3H,1,4H2,2H3,(H,12,13). The van der Waals surface area contributed by atoms with E-state index in [0.29, 0.717) is 0 Å². The second kappa shape index (κ2) is 4.86. The van der Waals surface area contributed by atoms with Crippen molar-refractivity contribution in [1.29, 1.82) is 0 Å². The summed E-state index contributed by atoms with van der Waals surface area (Å²) in [5, 5.41) is 8.37. The van der Waals surface area contributed by atoms with Gasteiger partial charge in [-0.1, -0.05) is 12.7 Å². The first kappa shape index (κ1) is 14.3. The number of ether oxygens (including phenoxy) is 2. The van der Waals surface area contributed by atoms with Gasteiger partial charge in [0.15, 0.2) is 0 Å². The Morgan fingerprint density at radius 3 is 2.25 bits per heavy atom. The smallest absolute Gasteiger partial charge is 0.478 e. The fourth-order valence-corrected chi connectivity index (χ4v) is 0.546. The van der Waals surface area contributed by atoms with Crippen molar-refractivity contribution >= 4 is 12.1 Å². The molecule has 0 saturated heterocycles. The van der Waals surface area contributed by atoms with E-state index in [1.807, 2.05) is 0 Å². The molecule has 0 amide bonds. The molecule has 0 aromatic rings. The van der Waals surface area contributed by atoms with Gasteiger partial charge in [0.05, 0.1) is 0 Å². The van der Waals surface area contributed by atoms with Crippen molar-refractivity contribution in [2.24, 2.45) is 0 Å². The van der Waals surface area contributed by atoms with Gasteiger partial charge in [-0.3, -0.25) is 0 Å². The van der Waals surface area contributed by atoms with Gasteiger partial charge in [-0.05, 0) is 6.92 Å². The van der Waals surface area contributed by atoms with Gasteiger partial charge in [-0.2, -0.15) is 13.2 Å². The Morgan fingerprint density at radius 1 is 1.44 bits per heavy atom. The number of aliphatic carboxylic acids is 1. The summed E-state index contributed by atoms with van der Waals surface area (Å²) in [5.41, 5.74) is -3.63. The molecule has 5 nitrogen and oxygen atoms in total. The van der Waals surface area contributed by atoms with Gasteiger partial charge >= 0.3 is 23.9 Å². The second-order valence-electron chi connectivity index (χ2n) is 2.79. The van der Waals surface area contributed by atoms with Gasteiger partial charge in [0.1, 0.15) is 6.61 Å². The number of hydrogen-bond donors (Lipinski definition) is 1. The van der Waals surface area contributed by atoms with Crippen LogP contribution in [0.5, 0.6) is 0 Å². The molecular weight excluding hydrogens is 233 g/mol. The maximum absolute atomic E-state index is 12.3. The number of halogens is 3. The average Bonchev–Trinajstić information content (AvgIpc) is 2.12. The van der Waals surface area contributed by atoms with Crippen LogP contribution < -0.4 is 0 Å². The highest BCUT2D eigenvalue weighted by molar-refractivity contribution is 5.81. The molecule has 0 fully saturated rings. The fraction of sp³-hybridized carbons (Fsp3) is 0.500. The number of alkyl halides is 3. The van der Waals surface area contributed by atoms with Gasteiger partial charge in [-0.15, -0.1) is 0 Å². The fourth-order valence-electron chi connectivity index (χ4n) is 0.546. The molecule has 0 rings (SSSR count). The first-order valence-corrected chi connectivity index (χ1v) is 3.92. The first-order chi connectivity index (χ1) is 7.15. The van der Waals surface area contributed by atoms with E-state index in [0.717, 1.165) is 6.08 Å². The molecule has 0 aliphatic carbocycles. The third-order valence-corrected chi connectivity index (χ3v) is 1.56. The highest BCUT2D eigenvalue weighted by Crippen LogP contribution is 2.34. The largest absolute Gasteiger partial charge is 0.510 e. The van der Waals surface area contributed by atoms with Crippen LogP contribution in [0, 0.1) is 0 Å². The van der Waals surface area contributed by atoms with E-state index >= 15 is 0 Å². The minimum Gasteiger partial charge on any atom is -0.478 e. The van der Waals surface area contributed by atoms with Crippen LogP contribution in [-0.2, 0) is 14.3 Å². The van der Waals surface area contributed by atoms with E-state index in [1.165, 1.54) is 0 Å². The zero-order valence-corrected chi connectivity index (χ0v) is 8.21. The molecular formula is C8H9F3O5. The van der Waals surface area contributed by atoms with Crippen molar-refractivity contribution in [3.63, 3.8) is 0 Å². The number of carboxylic acid groups (broad SMARTS) is 1. The van der Waals surface area contributed by atoms with Crippen molar-refractivity contribution < 1.29 is 37.3 Å². The highest BCUT2D eigenvalue weighted by atomic mass is 19.4. The van der Waals surface area contributed by atoms with Gasteiger partial charge in [-0.25, -0.2) is 9.59 Å². The molecule has 0 spiro atoms. The summed E-state index contributed by atoms with van der Waals surface area (Å²) in [6.45, 7) is 2.97. The third kappa shape index (κ3) is 3.14. The molecule has 16 heavy (non-hydrogen) atoms. The summed E-state index contributed by atoms with van der Waals surface area (Å²) in [5.74, 6) is -2.34. The van der Waals surface area contributed by atoms with Crippen LogP contribution in [-0.4, -0.2) is 35.6 Å². The minimum atomic E-state index is -5.24. The van der Waals surface area contributed by atoms with Crippen molar-refractivity contribution in [3.8, 4) is 0 Å². The van der Waals surface area contributed by atoms with E-state index in [9.17, 15) is 22.8 Å². The Morgan fingerprint density at radius 2 is 1.94 bits per heavy atom. The maximum Gasteiger partial charge on any atom is 0.510 e. The van der Waals surface area contributed by atoms with Gasteiger partial charge in [0, 0.05) is 0 Å². The number of rotatable bonds is 4. The van der Waals surface area contributed by atoms with Crippen LogP contribution in [0.4, 0.5) is 18.0 Å². The van der Waals surface area contributed by atoms with Crippen molar-refractivity contribution in [2.75, 3.05) is 6.61 Å². The van der Waals surface area contributed by atoms with Crippen molar-refractivity contribution in [3.05, 3.63) is 12.7 Å². The summed E-state index contributed by atoms with van der Waals surface area (Å²) >= 11 is 0. The minimum absolute atomic E-state index is 0.213. The molecule has 0 aliphatic rings. The highest BCUT2D eigenvalue weighted by Gasteiger charge is 2.61. The van der Waals surface area contributed by atoms with Gasteiger partial charge < -0.3 is 14.6 Å². The summed E-state index contributed by atoms with van der Waals surface area (Å²) < 4.78 is 44.7. The Balaban J connectivity index is 4.77. The van der Waals surface area contributed by atoms with Crippen LogP contribution in [0.25, 0.3) is 0 Å². The molecule has 8 heteroatoms. The predicted molar refractivity (Wildman–Crippen MR) is 44.7 cm³/mol. The molecule has 1 unspecified atom stereocenters. The van der Waals surface area contributed by atoms with Crippen LogP contribution in [0.3, 0.4) is 0 Å². The number of hydrogen-bond acceptors (Lipinski definition) is 4. The molecule has 0 saturated carbocycles. The normalized spacial score (nSPS) is 14.8. The van der Waals surface area contributed by atoms with Gasteiger partial charge in [0.25, 0.3) is 0 Å². The van der Waals surface area contributed by atoms with Crippen molar-refractivity contribution in [2.45, 2.75) is 18.7 Å². The monoisotopic (exact) mass is 242 g/mol. The van der Waals surface area contributed by atoms with E-state index in [4.69, 9.17) is 5.11 Å². The van der Waals surface area contributed by atoms with E-state index in [2.05, 4.69) is 16.1 Å². The lowest BCUT2D eigenvalue weighted by atomic mass is 10.1. The Bertz CT molecular complexity index is 299. The number of carboxylic acids is 1. The quantitative estimate of drug-likeness (QED) is 0.600. The zero-order valence-electron chi connectivity index (χ0n) is 8.21. The predicted octanol–water partition coefficient (Wildman–Crippen LogP) is 1.73.